The number of thiazole rings is 1. The molecule has 1 aliphatic carbocycles. The van der Waals surface area contributed by atoms with Crippen molar-refractivity contribution in [3.05, 3.63) is 40.7 Å². The summed E-state index contributed by atoms with van der Waals surface area (Å²) in [6.45, 7) is 0. The molecule has 0 bridgehead atoms. The highest BCUT2D eigenvalue weighted by Gasteiger charge is 2.23. The normalized spacial score (nSPS) is 19.1. The molecule has 0 fully saturated rings. The highest BCUT2D eigenvalue weighted by atomic mass is 32.1. The molecule has 88 valence electrons. The van der Waals surface area contributed by atoms with Crippen molar-refractivity contribution in [3.8, 4) is 10.6 Å². The van der Waals surface area contributed by atoms with E-state index in [0.29, 0.717) is 0 Å². The molecule has 0 saturated carbocycles. The van der Waals surface area contributed by atoms with Gasteiger partial charge in [-0.15, -0.1) is 11.3 Å². The zero-order chi connectivity index (χ0) is 11.8. The van der Waals surface area contributed by atoms with Gasteiger partial charge in [0.05, 0.1) is 11.8 Å². The fourth-order valence-corrected chi connectivity index (χ4v) is 3.30. The van der Waals surface area contributed by atoms with E-state index in [1.54, 1.807) is 17.4 Å². The van der Waals surface area contributed by atoms with Crippen molar-refractivity contribution in [1.29, 1.82) is 0 Å². The summed E-state index contributed by atoms with van der Waals surface area (Å²) in [5.41, 5.74) is 1.58. The van der Waals surface area contributed by atoms with Crippen LogP contribution >= 0.6 is 11.3 Å². The van der Waals surface area contributed by atoms with Crippen molar-refractivity contribution in [2.45, 2.75) is 25.4 Å². The molecule has 0 radical (unpaired) electrons. The molecule has 1 unspecified atom stereocenters. The first-order chi connectivity index (χ1) is 8.24. The van der Waals surface area contributed by atoms with Gasteiger partial charge < -0.3 is 5.11 Å². The van der Waals surface area contributed by atoms with Crippen LogP contribution < -0.4 is 0 Å². The Kier molecular flexibility index (Phi) is 2.68. The maximum Gasteiger partial charge on any atom is 0.124 e. The fraction of sp³-hybridized carbons (Fsp3) is 0.308. The predicted octanol–water partition coefficient (Wildman–Crippen LogP) is 3.32. The highest BCUT2D eigenvalue weighted by molar-refractivity contribution is 7.15. The van der Waals surface area contributed by atoms with Crippen molar-refractivity contribution in [2.24, 2.45) is 0 Å². The maximum atomic E-state index is 13.1. The van der Waals surface area contributed by atoms with Gasteiger partial charge in [-0.3, -0.25) is 0 Å². The zero-order valence-electron chi connectivity index (χ0n) is 9.19. The van der Waals surface area contributed by atoms with Gasteiger partial charge in [0.25, 0.3) is 0 Å². The summed E-state index contributed by atoms with van der Waals surface area (Å²) in [7, 11) is 0. The van der Waals surface area contributed by atoms with Crippen LogP contribution in [-0.4, -0.2) is 10.1 Å². The Morgan fingerprint density at radius 2 is 2.29 bits per heavy atom. The molecule has 1 aromatic carbocycles. The molecule has 2 aromatic rings. The van der Waals surface area contributed by atoms with Crippen molar-refractivity contribution >= 4 is 11.3 Å². The summed E-state index contributed by atoms with van der Waals surface area (Å²) in [4.78, 5) is 5.59. The van der Waals surface area contributed by atoms with Crippen LogP contribution in [0.4, 0.5) is 4.39 Å². The SMILES string of the molecule is OC1CCCc2sc(-c3cccc(F)c3)nc21. The number of nitrogens with zero attached hydrogens (tertiary/aromatic N) is 1. The Morgan fingerprint density at radius 1 is 1.41 bits per heavy atom. The second kappa shape index (κ2) is 4.20. The van der Waals surface area contributed by atoms with Crippen LogP contribution in [0.3, 0.4) is 0 Å². The molecule has 1 heterocycles. The number of aliphatic hydroxyl groups is 1. The van der Waals surface area contributed by atoms with E-state index in [4.69, 9.17) is 0 Å². The largest absolute Gasteiger partial charge is 0.387 e. The van der Waals surface area contributed by atoms with Crippen LogP contribution in [0.1, 0.15) is 29.5 Å². The van der Waals surface area contributed by atoms with E-state index >= 15 is 0 Å². The van der Waals surface area contributed by atoms with Gasteiger partial charge in [-0.25, -0.2) is 9.37 Å². The number of hydrogen-bond donors (Lipinski definition) is 1. The number of fused-ring (bicyclic) bond motifs is 1. The quantitative estimate of drug-likeness (QED) is 0.841. The molecule has 0 aliphatic heterocycles. The minimum atomic E-state index is -0.447. The summed E-state index contributed by atoms with van der Waals surface area (Å²) in [5, 5.41) is 10.6. The topological polar surface area (TPSA) is 33.1 Å². The first kappa shape index (κ1) is 10.9. The Balaban J connectivity index is 2.05. The lowest BCUT2D eigenvalue weighted by Gasteiger charge is -2.14. The summed E-state index contributed by atoms with van der Waals surface area (Å²) in [5.74, 6) is -0.253. The van der Waals surface area contributed by atoms with Gasteiger partial charge in [0.15, 0.2) is 0 Å². The Morgan fingerprint density at radius 3 is 3.06 bits per heavy atom. The number of hydrogen-bond acceptors (Lipinski definition) is 3. The number of rotatable bonds is 1. The molecule has 0 amide bonds. The Bertz CT molecular complexity index is 552. The molecular weight excluding hydrogens is 237 g/mol. The molecule has 17 heavy (non-hydrogen) atoms. The van der Waals surface area contributed by atoms with E-state index < -0.39 is 6.10 Å². The lowest BCUT2D eigenvalue weighted by Crippen LogP contribution is -2.07. The monoisotopic (exact) mass is 249 g/mol. The molecule has 0 spiro atoms. The number of aryl methyl sites for hydroxylation is 1. The third-order valence-corrected chi connectivity index (χ3v) is 4.18. The lowest BCUT2D eigenvalue weighted by molar-refractivity contribution is 0.153. The van der Waals surface area contributed by atoms with Crippen LogP contribution in [0.15, 0.2) is 24.3 Å². The van der Waals surface area contributed by atoms with Gasteiger partial charge in [-0.1, -0.05) is 12.1 Å². The van der Waals surface area contributed by atoms with Crippen LogP contribution in [0, 0.1) is 5.82 Å². The van der Waals surface area contributed by atoms with E-state index in [-0.39, 0.29) is 5.82 Å². The number of aliphatic hydroxyl groups excluding tert-OH is 1. The molecule has 4 heteroatoms. The molecule has 2 nitrogen and oxygen atoms in total. The predicted molar refractivity (Wildman–Crippen MR) is 65.4 cm³/mol. The van der Waals surface area contributed by atoms with Crippen molar-refractivity contribution in [1.82, 2.24) is 4.98 Å². The highest BCUT2D eigenvalue weighted by Crippen LogP contribution is 2.36. The molecular formula is C13H12FNOS. The molecule has 1 atom stereocenters. The molecule has 3 rings (SSSR count). The van der Waals surface area contributed by atoms with E-state index in [0.717, 1.165) is 40.4 Å². The van der Waals surface area contributed by atoms with Gasteiger partial charge in [0.2, 0.25) is 0 Å². The standard InChI is InChI=1S/C13H12FNOS/c14-9-4-1-3-8(7-9)13-15-12-10(16)5-2-6-11(12)17-13/h1,3-4,7,10,16H,2,5-6H2. The van der Waals surface area contributed by atoms with Crippen molar-refractivity contribution in [2.75, 3.05) is 0 Å². The number of benzene rings is 1. The number of halogens is 1. The van der Waals surface area contributed by atoms with E-state index in [2.05, 4.69) is 4.98 Å². The summed E-state index contributed by atoms with van der Waals surface area (Å²) in [6.07, 6.45) is 2.30. The zero-order valence-corrected chi connectivity index (χ0v) is 10.0. The average Bonchev–Trinajstić information content (AvgIpc) is 2.74. The molecule has 1 aliphatic rings. The summed E-state index contributed by atoms with van der Waals surface area (Å²) < 4.78 is 13.1. The average molecular weight is 249 g/mol. The number of aromatic nitrogens is 1. The lowest BCUT2D eigenvalue weighted by atomic mass is 10.0. The minimum Gasteiger partial charge on any atom is -0.387 e. The third kappa shape index (κ3) is 1.98. The van der Waals surface area contributed by atoms with Crippen LogP contribution in [-0.2, 0) is 6.42 Å². The van der Waals surface area contributed by atoms with Crippen LogP contribution in [0.5, 0.6) is 0 Å². The van der Waals surface area contributed by atoms with E-state index in [1.807, 2.05) is 6.07 Å². The smallest absolute Gasteiger partial charge is 0.124 e. The van der Waals surface area contributed by atoms with Crippen LogP contribution in [0.25, 0.3) is 10.6 Å². The third-order valence-electron chi connectivity index (χ3n) is 3.00. The molecule has 1 aromatic heterocycles. The first-order valence-electron chi connectivity index (χ1n) is 5.67. The fourth-order valence-electron chi connectivity index (χ4n) is 2.14. The van der Waals surface area contributed by atoms with Crippen molar-refractivity contribution in [3.63, 3.8) is 0 Å². The van der Waals surface area contributed by atoms with Gasteiger partial charge in [0, 0.05) is 10.4 Å². The second-order valence-corrected chi connectivity index (χ2v) is 5.33. The summed E-state index contributed by atoms with van der Waals surface area (Å²) >= 11 is 1.56. The minimum absolute atomic E-state index is 0.253. The second-order valence-electron chi connectivity index (χ2n) is 4.25. The Labute approximate surface area is 103 Å². The van der Waals surface area contributed by atoms with Crippen molar-refractivity contribution < 1.29 is 9.50 Å². The summed E-state index contributed by atoms with van der Waals surface area (Å²) in [6, 6.07) is 6.43. The maximum absolute atomic E-state index is 13.1. The van der Waals surface area contributed by atoms with Gasteiger partial charge in [0.1, 0.15) is 10.8 Å². The molecule has 0 saturated heterocycles. The van der Waals surface area contributed by atoms with E-state index in [9.17, 15) is 9.50 Å². The van der Waals surface area contributed by atoms with Gasteiger partial charge in [-0.05, 0) is 31.4 Å². The molecule has 1 N–H and O–H groups in total. The van der Waals surface area contributed by atoms with Crippen LogP contribution in [0.2, 0.25) is 0 Å². The van der Waals surface area contributed by atoms with Gasteiger partial charge in [-0.2, -0.15) is 0 Å². The first-order valence-corrected chi connectivity index (χ1v) is 6.49. The van der Waals surface area contributed by atoms with Gasteiger partial charge >= 0.3 is 0 Å². The van der Waals surface area contributed by atoms with E-state index in [1.165, 1.54) is 12.1 Å². The Hall–Kier alpha value is -1.26.